The fraction of sp³-hybridized carbons (Fsp3) is 0.364. The first kappa shape index (κ1) is 18.7. The third kappa shape index (κ3) is 3.11. The van der Waals surface area contributed by atoms with Crippen molar-refractivity contribution < 1.29 is 19.1 Å². The van der Waals surface area contributed by atoms with Gasteiger partial charge in [-0.15, -0.1) is 11.3 Å². The van der Waals surface area contributed by atoms with Crippen molar-refractivity contribution in [2.75, 3.05) is 6.61 Å². The molecule has 2 aromatic heterocycles. The lowest BCUT2D eigenvalue weighted by molar-refractivity contribution is 0.0527. The van der Waals surface area contributed by atoms with E-state index < -0.39 is 0 Å². The molecule has 6 heteroatoms. The summed E-state index contributed by atoms with van der Waals surface area (Å²) in [6.45, 7) is 5.97. The molecule has 1 aliphatic carbocycles. The molecule has 2 heterocycles. The standard InChI is InChI=1S/C22H23NO4S/c1-4-26-22(25)19-12(2)13(3)28-21(19)23-11-15-16(24)9-10-18-20(15)14-7-5-6-8-17(14)27-18/h9-11,24H,4-8H2,1-3H3/b23-11+. The SMILES string of the molecule is CCOC(=O)c1c(/N=C/c2c(O)ccc3oc4c(c23)CCCC4)sc(C)c1C. The number of thiophene rings is 1. The van der Waals surface area contributed by atoms with E-state index in [1.807, 2.05) is 19.9 Å². The number of nitrogens with zero attached hydrogens (tertiary/aromatic N) is 1. The van der Waals surface area contributed by atoms with E-state index in [0.29, 0.717) is 22.7 Å². The van der Waals surface area contributed by atoms with E-state index in [1.54, 1.807) is 19.2 Å². The van der Waals surface area contributed by atoms with Crippen molar-refractivity contribution in [3.05, 3.63) is 45.0 Å². The smallest absolute Gasteiger partial charge is 0.341 e. The summed E-state index contributed by atoms with van der Waals surface area (Å²) in [5, 5.41) is 12.0. The van der Waals surface area contributed by atoms with Crippen LogP contribution in [0.2, 0.25) is 0 Å². The lowest BCUT2D eigenvalue weighted by Crippen LogP contribution is -2.05. The minimum absolute atomic E-state index is 0.160. The van der Waals surface area contributed by atoms with Gasteiger partial charge in [0.2, 0.25) is 0 Å². The van der Waals surface area contributed by atoms with Crippen LogP contribution in [0.3, 0.4) is 0 Å². The molecule has 0 amide bonds. The normalized spacial score (nSPS) is 14.0. The molecule has 0 atom stereocenters. The van der Waals surface area contributed by atoms with Crippen LogP contribution in [-0.2, 0) is 17.6 Å². The monoisotopic (exact) mass is 397 g/mol. The van der Waals surface area contributed by atoms with Crippen LogP contribution in [-0.4, -0.2) is 23.9 Å². The number of aryl methyl sites for hydroxylation is 3. The number of rotatable bonds is 4. The molecular weight excluding hydrogens is 374 g/mol. The van der Waals surface area contributed by atoms with Gasteiger partial charge in [-0.3, -0.25) is 0 Å². The molecule has 0 aliphatic heterocycles. The number of aromatic hydroxyl groups is 1. The number of benzene rings is 1. The molecule has 146 valence electrons. The molecular formula is C22H23NO4S. The van der Waals surface area contributed by atoms with E-state index in [9.17, 15) is 9.90 Å². The predicted octanol–water partition coefficient (Wildman–Crippen LogP) is 5.62. The number of carbonyl (C=O) groups is 1. The van der Waals surface area contributed by atoms with Gasteiger partial charge >= 0.3 is 5.97 Å². The summed E-state index contributed by atoms with van der Waals surface area (Å²) in [5.74, 6) is 0.809. The minimum atomic E-state index is -0.361. The van der Waals surface area contributed by atoms with Crippen LogP contribution in [0.1, 0.15) is 57.5 Å². The van der Waals surface area contributed by atoms with Gasteiger partial charge in [0.15, 0.2) is 0 Å². The number of carbonyl (C=O) groups excluding carboxylic acids is 1. The Bertz CT molecular complexity index is 1090. The van der Waals surface area contributed by atoms with Gasteiger partial charge < -0.3 is 14.3 Å². The lowest BCUT2D eigenvalue weighted by Gasteiger charge is -2.09. The molecule has 28 heavy (non-hydrogen) atoms. The van der Waals surface area contributed by atoms with Crippen LogP contribution >= 0.6 is 11.3 Å². The molecule has 1 aliphatic rings. The first-order valence-corrected chi connectivity index (χ1v) is 10.4. The van der Waals surface area contributed by atoms with E-state index in [4.69, 9.17) is 9.15 Å². The summed E-state index contributed by atoms with van der Waals surface area (Å²) in [6.07, 6.45) is 5.76. The quantitative estimate of drug-likeness (QED) is 0.458. The second-order valence-corrected chi connectivity index (χ2v) is 8.23. The zero-order chi connectivity index (χ0) is 19.8. The molecule has 0 bridgehead atoms. The van der Waals surface area contributed by atoms with Gasteiger partial charge in [-0.05, 0) is 57.7 Å². The fourth-order valence-electron chi connectivity index (χ4n) is 3.77. The Balaban J connectivity index is 1.82. The van der Waals surface area contributed by atoms with Crippen molar-refractivity contribution in [1.82, 2.24) is 0 Å². The van der Waals surface area contributed by atoms with Crippen LogP contribution in [0.15, 0.2) is 21.5 Å². The molecule has 0 unspecified atom stereocenters. The third-order valence-electron chi connectivity index (χ3n) is 5.29. The molecule has 0 fully saturated rings. The number of hydrogen-bond donors (Lipinski definition) is 1. The Labute approximate surface area is 167 Å². The maximum Gasteiger partial charge on any atom is 0.341 e. The third-order valence-corrected chi connectivity index (χ3v) is 6.41. The van der Waals surface area contributed by atoms with Crippen LogP contribution in [0, 0.1) is 13.8 Å². The van der Waals surface area contributed by atoms with Crippen LogP contribution in [0.5, 0.6) is 5.75 Å². The molecule has 1 N–H and O–H groups in total. The summed E-state index contributed by atoms with van der Waals surface area (Å²) in [7, 11) is 0. The summed E-state index contributed by atoms with van der Waals surface area (Å²) in [5.41, 5.74) is 3.97. The number of ether oxygens (including phenoxy) is 1. The average Bonchev–Trinajstić information content (AvgIpc) is 3.19. The minimum Gasteiger partial charge on any atom is -0.507 e. The second kappa shape index (κ2) is 7.43. The topological polar surface area (TPSA) is 72.0 Å². The Morgan fingerprint density at radius 1 is 1.32 bits per heavy atom. The van der Waals surface area contributed by atoms with Crippen molar-refractivity contribution in [3.63, 3.8) is 0 Å². The number of aliphatic imine (C=N–C) groups is 1. The van der Waals surface area contributed by atoms with E-state index in [2.05, 4.69) is 4.99 Å². The number of phenolic OH excluding ortho intramolecular Hbond substituents is 1. The lowest BCUT2D eigenvalue weighted by atomic mass is 9.94. The fourth-order valence-corrected chi connectivity index (χ4v) is 4.76. The largest absolute Gasteiger partial charge is 0.507 e. The second-order valence-electron chi connectivity index (χ2n) is 7.02. The van der Waals surface area contributed by atoms with Gasteiger partial charge in [0.05, 0.1) is 12.2 Å². The van der Waals surface area contributed by atoms with Gasteiger partial charge in [0, 0.05) is 34.0 Å². The van der Waals surface area contributed by atoms with Gasteiger partial charge in [-0.2, -0.15) is 0 Å². The van der Waals surface area contributed by atoms with E-state index in [0.717, 1.165) is 52.9 Å². The maximum absolute atomic E-state index is 12.4. The first-order valence-electron chi connectivity index (χ1n) is 9.58. The zero-order valence-electron chi connectivity index (χ0n) is 16.3. The molecule has 0 saturated heterocycles. The number of phenols is 1. The Hall–Kier alpha value is -2.60. The van der Waals surface area contributed by atoms with Gasteiger partial charge in [0.1, 0.15) is 22.1 Å². The number of esters is 1. The molecule has 4 rings (SSSR count). The maximum atomic E-state index is 12.4. The molecule has 0 radical (unpaired) electrons. The van der Waals surface area contributed by atoms with Crippen molar-refractivity contribution in [2.24, 2.45) is 4.99 Å². The Morgan fingerprint density at radius 2 is 2.11 bits per heavy atom. The van der Waals surface area contributed by atoms with Gasteiger partial charge in [-0.25, -0.2) is 9.79 Å². The Kier molecular flexibility index (Phi) is 4.98. The highest BCUT2D eigenvalue weighted by molar-refractivity contribution is 7.16. The molecule has 3 aromatic rings. The number of hydrogen-bond acceptors (Lipinski definition) is 6. The number of furan rings is 1. The zero-order valence-corrected chi connectivity index (χ0v) is 17.1. The van der Waals surface area contributed by atoms with E-state index in [1.165, 1.54) is 16.9 Å². The average molecular weight is 397 g/mol. The van der Waals surface area contributed by atoms with E-state index in [-0.39, 0.29) is 11.7 Å². The molecule has 0 spiro atoms. The van der Waals surface area contributed by atoms with Crippen LogP contribution in [0.4, 0.5) is 5.00 Å². The predicted molar refractivity (Wildman–Crippen MR) is 112 cm³/mol. The van der Waals surface area contributed by atoms with Crippen LogP contribution in [0.25, 0.3) is 11.0 Å². The van der Waals surface area contributed by atoms with Gasteiger partial charge in [0.25, 0.3) is 0 Å². The summed E-state index contributed by atoms with van der Waals surface area (Å²) in [6, 6.07) is 3.44. The summed E-state index contributed by atoms with van der Waals surface area (Å²) >= 11 is 1.45. The van der Waals surface area contributed by atoms with Gasteiger partial charge in [-0.1, -0.05) is 0 Å². The van der Waals surface area contributed by atoms with Crippen molar-refractivity contribution in [3.8, 4) is 5.75 Å². The molecule has 1 aromatic carbocycles. The Morgan fingerprint density at radius 3 is 2.89 bits per heavy atom. The molecule has 5 nitrogen and oxygen atoms in total. The van der Waals surface area contributed by atoms with Crippen molar-refractivity contribution in [2.45, 2.75) is 46.5 Å². The van der Waals surface area contributed by atoms with Crippen LogP contribution < -0.4 is 0 Å². The first-order chi connectivity index (χ1) is 13.5. The number of fused-ring (bicyclic) bond motifs is 3. The summed E-state index contributed by atoms with van der Waals surface area (Å²) < 4.78 is 11.2. The van der Waals surface area contributed by atoms with Crippen molar-refractivity contribution >= 4 is 39.5 Å². The summed E-state index contributed by atoms with van der Waals surface area (Å²) in [4.78, 5) is 18.0. The highest BCUT2D eigenvalue weighted by Crippen LogP contribution is 2.38. The van der Waals surface area contributed by atoms with Crippen molar-refractivity contribution in [1.29, 1.82) is 0 Å². The highest BCUT2D eigenvalue weighted by atomic mass is 32.1. The molecule has 0 saturated carbocycles. The highest BCUT2D eigenvalue weighted by Gasteiger charge is 2.23. The van der Waals surface area contributed by atoms with E-state index >= 15 is 0 Å².